The number of nitrogens with one attached hydrogen (secondary N) is 2. The summed E-state index contributed by atoms with van der Waals surface area (Å²) in [6, 6.07) is 5.99. The summed E-state index contributed by atoms with van der Waals surface area (Å²) in [7, 11) is 0. The third-order valence-electron chi connectivity index (χ3n) is 3.25. The zero-order valence-corrected chi connectivity index (χ0v) is 12.7. The van der Waals surface area contributed by atoms with Gasteiger partial charge in [-0.05, 0) is 37.9 Å². The van der Waals surface area contributed by atoms with Gasteiger partial charge in [0.25, 0.3) is 0 Å². The molecule has 0 aliphatic carbocycles. The van der Waals surface area contributed by atoms with Crippen LogP contribution in [0.4, 0.5) is 0 Å². The van der Waals surface area contributed by atoms with Gasteiger partial charge in [0.05, 0.1) is 17.6 Å². The van der Waals surface area contributed by atoms with E-state index in [2.05, 4.69) is 29.1 Å². The van der Waals surface area contributed by atoms with Gasteiger partial charge in [-0.25, -0.2) is 4.98 Å². The number of ether oxygens (including phenoxy) is 1. The first kappa shape index (κ1) is 14.9. The summed E-state index contributed by atoms with van der Waals surface area (Å²) in [5, 5.41) is 3.46. The van der Waals surface area contributed by atoms with Crippen LogP contribution in [0.15, 0.2) is 18.2 Å². The molecule has 0 fully saturated rings. The molecular weight excluding hydrogens is 250 g/mol. The average molecular weight is 275 g/mol. The molecule has 2 rings (SSSR count). The average Bonchev–Trinajstić information content (AvgIpc) is 2.80. The van der Waals surface area contributed by atoms with Gasteiger partial charge in [0.1, 0.15) is 11.6 Å². The molecule has 4 nitrogen and oxygen atoms in total. The van der Waals surface area contributed by atoms with Crippen LogP contribution < -0.4 is 10.1 Å². The second-order valence-corrected chi connectivity index (χ2v) is 5.48. The monoisotopic (exact) mass is 275 g/mol. The van der Waals surface area contributed by atoms with Gasteiger partial charge in [-0.15, -0.1) is 0 Å². The first-order valence-corrected chi connectivity index (χ1v) is 7.51. The molecule has 20 heavy (non-hydrogen) atoms. The van der Waals surface area contributed by atoms with Gasteiger partial charge in [0.15, 0.2) is 0 Å². The third kappa shape index (κ3) is 4.23. The number of fused-ring (bicyclic) bond motifs is 1. The van der Waals surface area contributed by atoms with E-state index in [1.165, 1.54) is 6.42 Å². The Bertz CT molecular complexity index is 534. The Hall–Kier alpha value is -1.55. The predicted molar refractivity (Wildman–Crippen MR) is 83.3 cm³/mol. The van der Waals surface area contributed by atoms with Crippen LogP contribution in [-0.4, -0.2) is 29.7 Å². The maximum atomic E-state index is 5.50. The Morgan fingerprint density at radius 3 is 2.90 bits per heavy atom. The largest absolute Gasteiger partial charge is 0.494 e. The number of hydrogen-bond acceptors (Lipinski definition) is 3. The fraction of sp³-hybridized carbons (Fsp3) is 0.562. The highest BCUT2D eigenvalue weighted by molar-refractivity contribution is 5.76. The van der Waals surface area contributed by atoms with Crippen LogP contribution >= 0.6 is 0 Å². The molecule has 0 amide bonds. The van der Waals surface area contributed by atoms with E-state index in [1.54, 1.807) is 0 Å². The zero-order chi connectivity index (χ0) is 14.4. The van der Waals surface area contributed by atoms with Crippen LogP contribution in [0.5, 0.6) is 5.75 Å². The van der Waals surface area contributed by atoms with Gasteiger partial charge in [0.2, 0.25) is 0 Å². The molecule has 0 radical (unpaired) electrons. The van der Waals surface area contributed by atoms with E-state index in [4.69, 9.17) is 4.74 Å². The van der Waals surface area contributed by atoms with E-state index < -0.39 is 0 Å². The summed E-state index contributed by atoms with van der Waals surface area (Å²) in [5.41, 5.74) is 2.05. The smallest absolute Gasteiger partial charge is 0.121 e. The van der Waals surface area contributed by atoms with E-state index in [1.807, 2.05) is 25.1 Å². The highest BCUT2D eigenvalue weighted by Crippen LogP contribution is 2.19. The summed E-state index contributed by atoms with van der Waals surface area (Å²) < 4.78 is 5.50. The minimum absolute atomic E-state index is 0.687. The molecule has 0 aliphatic heterocycles. The highest BCUT2D eigenvalue weighted by atomic mass is 16.5. The lowest BCUT2D eigenvalue weighted by Gasteiger charge is -2.05. The van der Waals surface area contributed by atoms with Crippen molar-refractivity contribution in [2.24, 2.45) is 5.92 Å². The second-order valence-electron chi connectivity index (χ2n) is 5.48. The first-order valence-electron chi connectivity index (χ1n) is 7.51. The number of aromatic nitrogens is 2. The standard InChI is InChI=1S/C16H25N3O/c1-4-20-13-5-6-14-15(11-13)19-16(18-14)8-10-17-9-7-12(2)3/h5-6,11-12,17H,4,7-10H2,1-3H3,(H,18,19). The molecule has 0 atom stereocenters. The van der Waals surface area contributed by atoms with Crippen LogP contribution in [0.1, 0.15) is 33.0 Å². The van der Waals surface area contributed by atoms with E-state index in [0.29, 0.717) is 6.61 Å². The maximum absolute atomic E-state index is 5.50. The Balaban J connectivity index is 1.87. The molecule has 110 valence electrons. The Kier molecular flexibility index (Phi) is 5.41. The highest BCUT2D eigenvalue weighted by Gasteiger charge is 2.04. The summed E-state index contributed by atoms with van der Waals surface area (Å²) >= 11 is 0. The van der Waals surface area contributed by atoms with Crippen molar-refractivity contribution < 1.29 is 4.74 Å². The predicted octanol–water partition coefficient (Wildman–Crippen LogP) is 3.14. The molecule has 0 saturated heterocycles. The van der Waals surface area contributed by atoms with Crippen LogP contribution in [0.25, 0.3) is 11.0 Å². The first-order chi connectivity index (χ1) is 9.69. The van der Waals surface area contributed by atoms with Crippen molar-refractivity contribution >= 4 is 11.0 Å². The zero-order valence-electron chi connectivity index (χ0n) is 12.7. The summed E-state index contributed by atoms with van der Waals surface area (Å²) in [6.45, 7) is 9.21. The molecular formula is C16H25N3O. The van der Waals surface area contributed by atoms with Gasteiger partial charge in [-0.3, -0.25) is 0 Å². The lowest BCUT2D eigenvalue weighted by Crippen LogP contribution is -2.20. The topological polar surface area (TPSA) is 49.9 Å². The van der Waals surface area contributed by atoms with Crippen molar-refractivity contribution in [2.75, 3.05) is 19.7 Å². The van der Waals surface area contributed by atoms with Crippen LogP contribution in [0.3, 0.4) is 0 Å². The number of aromatic amines is 1. The molecule has 0 spiro atoms. The molecule has 0 unspecified atom stereocenters. The van der Waals surface area contributed by atoms with E-state index in [0.717, 1.165) is 48.0 Å². The van der Waals surface area contributed by atoms with E-state index in [-0.39, 0.29) is 0 Å². The van der Waals surface area contributed by atoms with Crippen molar-refractivity contribution in [1.29, 1.82) is 0 Å². The minimum atomic E-state index is 0.687. The molecule has 0 saturated carbocycles. The lowest BCUT2D eigenvalue weighted by atomic mass is 10.1. The van der Waals surface area contributed by atoms with Crippen LogP contribution in [0, 0.1) is 5.92 Å². The van der Waals surface area contributed by atoms with Gasteiger partial charge < -0.3 is 15.0 Å². The van der Waals surface area contributed by atoms with Gasteiger partial charge in [-0.2, -0.15) is 0 Å². The van der Waals surface area contributed by atoms with Crippen LogP contribution in [0.2, 0.25) is 0 Å². The molecule has 1 aromatic heterocycles. The van der Waals surface area contributed by atoms with Crippen molar-refractivity contribution in [3.63, 3.8) is 0 Å². The fourth-order valence-corrected chi connectivity index (χ4v) is 2.14. The maximum Gasteiger partial charge on any atom is 0.121 e. The second kappa shape index (κ2) is 7.29. The molecule has 0 bridgehead atoms. The SMILES string of the molecule is CCOc1ccc2nc(CCNCCC(C)C)[nH]c2c1. The van der Waals surface area contributed by atoms with Crippen molar-refractivity contribution in [3.05, 3.63) is 24.0 Å². The molecule has 2 N–H and O–H groups in total. The molecule has 1 aromatic carbocycles. The number of hydrogen-bond donors (Lipinski definition) is 2. The van der Waals surface area contributed by atoms with Crippen molar-refractivity contribution in [3.8, 4) is 5.75 Å². The summed E-state index contributed by atoms with van der Waals surface area (Å²) in [4.78, 5) is 7.96. The van der Waals surface area contributed by atoms with Gasteiger partial charge in [0, 0.05) is 19.0 Å². The van der Waals surface area contributed by atoms with Crippen molar-refractivity contribution in [1.82, 2.24) is 15.3 Å². The summed E-state index contributed by atoms with van der Waals surface area (Å²) in [6.07, 6.45) is 2.15. The number of H-pyrrole nitrogens is 1. The fourth-order valence-electron chi connectivity index (χ4n) is 2.14. The summed E-state index contributed by atoms with van der Waals surface area (Å²) in [5.74, 6) is 2.68. The number of nitrogens with zero attached hydrogens (tertiary/aromatic N) is 1. The molecule has 0 aliphatic rings. The number of imidazole rings is 1. The van der Waals surface area contributed by atoms with Crippen LogP contribution in [-0.2, 0) is 6.42 Å². The normalized spacial score (nSPS) is 11.4. The third-order valence-corrected chi connectivity index (χ3v) is 3.25. The Labute approximate surface area is 120 Å². The minimum Gasteiger partial charge on any atom is -0.494 e. The Morgan fingerprint density at radius 2 is 2.15 bits per heavy atom. The number of rotatable bonds is 8. The van der Waals surface area contributed by atoms with Crippen molar-refractivity contribution in [2.45, 2.75) is 33.6 Å². The van der Waals surface area contributed by atoms with Gasteiger partial charge in [-0.1, -0.05) is 13.8 Å². The lowest BCUT2D eigenvalue weighted by molar-refractivity contribution is 0.340. The number of benzene rings is 1. The quantitative estimate of drug-likeness (QED) is 0.728. The van der Waals surface area contributed by atoms with E-state index >= 15 is 0 Å². The molecule has 2 aromatic rings. The van der Waals surface area contributed by atoms with Gasteiger partial charge >= 0.3 is 0 Å². The molecule has 1 heterocycles. The molecule has 4 heteroatoms. The van der Waals surface area contributed by atoms with E-state index in [9.17, 15) is 0 Å². The Morgan fingerprint density at radius 1 is 1.30 bits per heavy atom.